The fraction of sp³-hybridized carbons (Fsp3) is 0.933. The van der Waals surface area contributed by atoms with Gasteiger partial charge >= 0.3 is 13.8 Å². The van der Waals surface area contributed by atoms with E-state index >= 15 is 0 Å². The largest absolute Gasteiger partial charge is 0.472 e. The van der Waals surface area contributed by atoms with Gasteiger partial charge in [0, 0.05) is 13.0 Å². The van der Waals surface area contributed by atoms with Crippen molar-refractivity contribution in [2.75, 3.05) is 54.1 Å². The molecular weight excluding hydrogens is 697 g/mol. The third-order valence-corrected chi connectivity index (χ3v) is 11.1. The summed E-state index contributed by atoms with van der Waals surface area (Å²) in [7, 11) is 1.67. The maximum Gasteiger partial charge on any atom is 0.472 e. The molecule has 0 rings (SSSR count). The smallest absolute Gasteiger partial charge is 0.457 e. The van der Waals surface area contributed by atoms with Crippen molar-refractivity contribution < 1.29 is 37.3 Å². The van der Waals surface area contributed by atoms with Crippen LogP contribution < -0.4 is 0 Å². The first-order valence-electron chi connectivity index (χ1n) is 22.9. The Labute approximate surface area is 335 Å². The summed E-state index contributed by atoms with van der Waals surface area (Å²) < 4.78 is 35.0. The molecule has 0 bridgehead atoms. The van der Waals surface area contributed by atoms with Gasteiger partial charge in [0.25, 0.3) is 0 Å². The van der Waals surface area contributed by atoms with Crippen molar-refractivity contribution >= 4 is 13.8 Å². The third-order valence-electron chi connectivity index (χ3n) is 10.1. The van der Waals surface area contributed by atoms with E-state index in [4.69, 9.17) is 18.5 Å². The van der Waals surface area contributed by atoms with E-state index in [0.29, 0.717) is 24.1 Å². The second kappa shape index (κ2) is 39.1. The van der Waals surface area contributed by atoms with Crippen molar-refractivity contribution in [1.82, 2.24) is 0 Å². The van der Waals surface area contributed by atoms with Crippen molar-refractivity contribution in [3.05, 3.63) is 12.2 Å². The van der Waals surface area contributed by atoms with Gasteiger partial charge in [0.1, 0.15) is 19.3 Å². The Hall–Kier alpha value is -0.760. The molecule has 0 aromatic rings. The topological polar surface area (TPSA) is 91.3 Å². The van der Waals surface area contributed by atoms with E-state index in [2.05, 4.69) is 26.0 Å². The van der Waals surface area contributed by atoms with Crippen LogP contribution in [-0.2, 0) is 27.9 Å². The highest BCUT2D eigenvalue weighted by atomic mass is 31.2. The first kappa shape index (κ1) is 53.2. The van der Waals surface area contributed by atoms with Crippen LogP contribution in [0.4, 0.5) is 0 Å². The van der Waals surface area contributed by atoms with Crippen LogP contribution in [0.3, 0.4) is 0 Å². The van der Waals surface area contributed by atoms with Crippen LogP contribution in [0, 0.1) is 0 Å². The molecule has 0 radical (unpaired) electrons. The first-order valence-corrected chi connectivity index (χ1v) is 24.4. The Morgan fingerprint density at radius 2 is 0.981 bits per heavy atom. The van der Waals surface area contributed by atoms with E-state index in [1.165, 1.54) is 148 Å². The fourth-order valence-corrected chi connectivity index (χ4v) is 7.22. The Bertz CT molecular complexity index is 879. The molecule has 9 heteroatoms. The Morgan fingerprint density at radius 3 is 1.46 bits per heavy atom. The van der Waals surface area contributed by atoms with Crippen LogP contribution in [0.25, 0.3) is 0 Å². The molecule has 0 saturated heterocycles. The van der Waals surface area contributed by atoms with Crippen LogP contribution in [0.2, 0.25) is 0 Å². The Balaban J connectivity index is 4.08. The van der Waals surface area contributed by atoms with Crippen molar-refractivity contribution in [1.29, 1.82) is 0 Å². The van der Waals surface area contributed by atoms with Gasteiger partial charge in [-0.1, -0.05) is 187 Å². The second-order valence-electron chi connectivity index (χ2n) is 16.8. The summed E-state index contributed by atoms with van der Waals surface area (Å²) in [4.78, 5) is 22.8. The lowest BCUT2D eigenvalue weighted by Gasteiger charge is -2.24. The number of hydrogen-bond acceptors (Lipinski definition) is 6. The summed E-state index contributed by atoms with van der Waals surface area (Å²) in [5.74, 6) is -0.320. The van der Waals surface area contributed by atoms with Crippen LogP contribution in [-0.4, -0.2) is 75.6 Å². The molecule has 0 aromatic carbocycles. The van der Waals surface area contributed by atoms with Gasteiger partial charge in [-0.15, -0.1) is 0 Å². The van der Waals surface area contributed by atoms with E-state index in [1.807, 2.05) is 21.1 Å². The summed E-state index contributed by atoms with van der Waals surface area (Å²) in [6, 6.07) is 0. The predicted molar refractivity (Wildman–Crippen MR) is 229 cm³/mol. The molecule has 0 spiro atoms. The van der Waals surface area contributed by atoms with Gasteiger partial charge in [0.2, 0.25) is 0 Å². The normalized spacial score (nSPS) is 13.8. The third kappa shape index (κ3) is 42.4. The molecule has 322 valence electrons. The number of likely N-dealkylation sites (N-methyl/N-ethyl adjacent to an activating group) is 1. The molecule has 54 heavy (non-hydrogen) atoms. The molecule has 2 atom stereocenters. The number of carbonyl (C=O) groups is 1. The fourth-order valence-electron chi connectivity index (χ4n) is 6.48. The van der Waals surface area contributed by atoms with Crippen LogP contribution >= 0.6 is 7.82 Å². The number of nitrogens with zero attached hydrogens (tertiary/aromatic N) is 1. The highest BCUT2D eigenvalue weighted by Gasteiger charge is 2.26. The van der Waals surface area contributed by atoms with E-state index < -0.39 is 13.9 Å². The minimum absolute atomic E-state index is 0.0901. The summed E-state index contributed by atoms with van der Waals surface area (Å²) in [6.45, 7) is 5.61. The number of esters is 1. The standard InChI is InChI=1S/C45H90NO7P/c1-6-8-10-12-14-16-18-19-20-21-22-23-24-25-26-27-29-31-33-35-37-40-50-42-44(43-52-54(48,49)51-41-39-46(3,4)5)53-45(47)38-36-34-32-30-28-17-15-13-11-9-7-2/h13,15,44H,6-12,14,16-43H2,1-5H3/p+1/b15-13-. The van der Waals surface area contributed by atoms with Gasteiger partial charge in [-0.2, -0.15) is 0 Å². The quantitative estimate of drug-likeness (QED) is 0.0216. The SMILES string of the molecule is CCCC/C=C\CCCCCCCC(=O)OC(COCCCCCCCCCCCCCCCCCCCCCCC)COP(=O)(O)OCC[N+](C)(C)C. The van der Waals surface area contributed by atoms with E-state index in [0.717, 1.165) is 44.9 Å². The minimum atomic E-state index is -4.27. The maximum absolute atomic E-state index is 12.6. The number of ether oxygens (including phenoxy) is 2. The lowest BCUT2D eigenvalue weighted by Crippen LogP contribution is -2.37. The Morgan fingerprint density at radius 1 is 0.556 bits per heavy atom. The van der Waals surface area contributed by atoms with E-state index in [-0.39, 0.29) is 25.8 Å². The van der Waals surface area contributed by atoms with E-state index in [9.17, 15) is 14.3 Å². The number of allylic oxidation sites excluding steroid dienone is 2. The van der Waals surface area contributed by atoms with Gasteiger partial charge in [0.15, 0.2) is 0 Å². The van der Waals surface area contributed by atoms with Crippen LogP contribution in [0.1, 0.15) is 213 Å². The highest BCUT2D eigenvalue weighted by Crippen LogP contribution is 2.43. The zero-order chi connectivity index (χ0) is 39.9. The summed E-state index contributed by atoms with van der Waals surface area (Å²) in [5, 5.41) is 0. The molecule has 0 aromatic heterocycles. The zero-order valence-electron chi connectivity index (χ0n) is 36.5. The molecule has 1 N–H and O–H groups in total. The number of quaternary nitrogens is 1. The number of unbranched alkanes of at least 4 members (excludes halogenated alkanes) is 27. The Kier molecular flexibility index (Phi) is 38.5. The van der Waals surface area contributed by atoms with E-state index in [1.54, 1.807) is 0 Å². The average Bonchev–Trinajstić information content (AvgIpc) is 3.12. The molecule has 0 fully saturated rings. The predicted octanol–water partition coefficient (Wildman–Crippen LogP) is 13.4. The van der Waals surface area contributed by atoms with Crippen molar-refractivity contribution in [2.24, 2.45) is 0 Å². The summed E-state index contributed by atoms with van der Waals surface area (Å²) in [5.41, 5.74) is 0. The van der Waals surface area contributed by atoms with Gasteiger partial charge < -0.3 is 18.9 Å². The lowest BCUT2D eigenvalue weighted by molar-refractivity contribution is -0.870. The molecule has 2 unspecified atom stereocenters. The second-order valence-corrected chi connectivity index (χ2v) is 18.2. The molecule has 0 aliphatic carbocycles. The molecule has 8 nitrogen and oxygen atoms in total. The highest BCUT2D eigenvalue weighted by molar-refractivity contribution is 7.47. The maximum atomic E-state index is 12.6. The number of phosphoric ester groups is 1. The molecule has 0 saturated carbocycles. The molecule has 0 aliphatic heterocycles. The summed E-state index contributed by atoms with van der Waals surface area (Å²) in [6.07, 6.45) is 42.5. The monoisotopic (exact) mass is 789 g/mol. The molecule has 0 heterocycles. The van der Waals surface area contributed by atoms with Gasteiger partial charge in [-0.3, -0.25) is 13.8 Å². The summed E-state index contributed by atoms with van der Waals surface area (Å²) >= 11 is 0. The van der Waals surface area contributed by atoms with Crippen LogP contribution in [0.15, 0.2) is 12.2 Å². The molecular formula is C45H91NO7P+. The molecule has 0 amide bonds. The lowest BCUT2D eigenvalue weighted by atomic mass is 10.0. The average molecular weight is 789 g/mol. The van der Waals surface area contributed by atoms with Crippen molar-refractivity contribution in [3.8, 4) is 0 Å². The van der Waals surface area contributed by atoms with Gasteiger partial charge in [-0.05, 0) is 32.1 Å². The van der Waals surface area contributed by atoms with Crippen molar-refractivity contribution in [2.45, 2.75) is 219 Å². The number of hydrogen-bond donors (Lipinski definition) is 1. The van der Waals surface area contributed by atoms with Crippen molar-refractivity contribution in [3.63, 3.8) is 0 Å². The number of carbonyl (C=O) groups excluding carboxylic acids is 1. The zero-order valence-corrected chi connectivity index (χ0v) is 37.4. The van der Waals surface area contributed by atoms with Crippen LogP contribution in [0.5, 0.6) is 0 Å². The number of rotatable bonds is 43. The van der Waals surface area contributed by atoms with Gasteiger partial charge in [0.05, 0.1) is 34.4 Å². The molecule has 0 aliphatic rings. The van der Waals surface area contributed by atoms with Gasteiger partial charge in [-0.25, -0.2) is 4.57 Å². The first-order chi connectivity index (χ1) is 26.1. The number of phosphoric acid groups is 1. The minimum Gasteiger partial charge on any atom is -0.457 e.